The van der Waals surface area contributed by atoms with Gasteiger partial charge in [0.1, 0.15) is 0 Å². The first-order valence-corrected chi connectivity index (χ1v) is 6.71. The number of nitrogens with zero attached hydrogens (tertiary/aromatic N) is 6. The topological polar surface area (TPSA) is 86.0 Å². The van der Waals surface area contributed by atoms with E-state index in [1.165, 1.54) is 9.58 Å². The zero-order chi connectivity index (χ0) is 15.4. The molecule has 2 heterocycles. The molecule has 0 saturated carbocycles. The zero-order valence-electron chi connectivity index (χ0n) is 11.9. The van der Waals surface area contributed by atoms with Crippen molar-refractivity contribution in [3.63, 3.8) is 0 Å². The first-order chi connectivity index (χ1) is 10.0. The summed E-state index contributed by atoms with van der Waals surface area (Å²) in [4.78, 5) is 25.2. The van der Waals surface area contributed by atoms with Gasteiger partial charge in [0.05, 0.1) is 6.61 Å². The highest BCUT2D eigenvalue weighted by Crippen LogP contribution is 2.12. The third-order valence-electron chi connectivity index (χ3n) is 2.43. The Hall–Kier alpha value is -2.22. The largest absolute Gasteiger partial charge is 0.463 e. The lowest BCUT2D eigenvalue weighted by molar-refractivity contribution is 0.0821. The van der Waals surface area contributed by atoms with Gasteiger partial charge < -0.3 is 9.64 Å². The van der Waals surface area contributed by atoms with Crippen molar-refractivity contribution in [2.45, 2.75) is 13.3 Å². The minimum Gasteiger partial charge on any atom is -0.463 e. The van der Waals surface area contributed by atoms with Gasteiger partial charge in [-0.25, -0.2) is 4.68 Å². The molecule has 9 heteroatoms. The normalized spacial score (nSPS) is 10.5. The van der Waals surface area contributed by atoms with Crippen LogP contribution in [0.4, 0.5) is 0 Å². The fraction of sp³-hybridized carbons (Fsp3) is 0.417. The molecule has 2 aromatic heterocycles. The van der Waals surface area contributed by atoms with E-state index in [2.05, 4.69) is 20.1 Å². The molecule has 0 saturated heterocycles. The highest BCUT2D eigenvalue weighted by molar-refractivity contribution is 6.28. The summed E-state index contributed by atoms with van der Waals surface area (Å²) in [6.07, 6.45) is 2.40. The molecule has 2 rings (SSSR count). The van der Waals surface area contributed by atoms with Crippen molar-refractivity contribution in [3.8, 4) is 12.0 Å². The Morgan fingerprint density at radius 3 is 2.81 bits per heavy atom. The molecule has 0 unspecified atom stereocenters. The van der Waals surface area contributed by atoms with E-state index < -0.39 is 0 Å². The Bertz CT molecular complexity index is 642. The highest BCUT2D eigenvalue weighted by Gasteiger charge is 2.14. The van der Waals surface area contributed by atoms with Crippen LogP contribution in [-0.4, -0.2) is 56.2 Å². The fourth-order valence-corrected chi connectivity index (χ4v) is 1.61. The van der Waals surface area contributed by atoms with Crippen LogP contribution in [0.2, 0.25) is 5.28 Å². The summed E-state index contributed by atoms with van der Waals surface area (Å²) in [5.74, 6) is -0.0183. The van der Waals surface area contributed by atoms with Crippen LogP contribution in [0.15, 0.2) is 12.3 Å². The maximum atomic E-state index is 11.8. The molecule has 0 aliphatic heterocycles. The monoisotopic (exact) mass is 310 g/mol. The van der Waals surface area contributed by atoms with Crippen molar-refractivity contribution in [1.29, 1.82) is 0 Å². The average Bonchev–Trinajstić information content (AvgIpc) is 2.93. The van der Waals surface area contributed by atoms with Crippen LogP contribution < -0.4 is 4.74 Å². The molecule has 0 atom stereocenters. The van der Waals surface area contributed by atoms with Crippen LogP contribution in [0.25, 0.3) is 5.95 Å². The second kappa shape index (κ2) is 6.49. The third kappa shape index (κ3) is 3.66. The van der Waals surface area contributed by atoms with Crippen LogP contribution in [0, 0.1) is 0 Å². The molecule has 0 radical (unpaired) electrons. The molecule has 21 heavy (non-hydrogen) atoms. The number of hydrogen-bond donors (Lipinski definition) is 0. The number of carbonyl (C=O) groups is 1. The fourth-order valence-electron chi connectivity index (χ4n) is 1.46. The number of hydrogen-bond acceptors (Lipinski definition) is 6. The summed E-state index contributed by atoms with van der Waals surface area (Å²) in [5, 5.41) is 4.12. The zero-order valence-corrected chi connectivity index (χ0v) is 12.7. The van der Waals surface area contributed by atoms with Gasteiger partial charge in [-0.15, -0.1) is 0 Å². The van der Waals surface area contributed by atoms with Crippen molar-refractivity contribution >= 4 is 17.5 Å². The molecule has 0 aliphatic carbocycles. The number of aromatic nitrogens is 5. The maximum absolute atomic E-state index is 11.8. The molecule has 0 aromatic carbocycles. The highest BCUT2D eigenvalue weighted by atomic mass is 35.5. The minimum atomic E-state index is -0.212. The molecule has 8 nitrogen and oxygen atoms in total. The summed E-state index contributed by atoms with van der Waals surface area (Å²) < 4.78 is 6.68. The Morgan fingerprint density at radius 2 is 2.14 bits per heavy atom. The van der Waals surface area contributed by atoms with Crippen LogP contribution >= 0.6 is 11.6 Å². The third-order valence-corrected chi connectivity index (χ3v) is 2.60. The van der Waals surface area contributed by atoms with E-state index in [-0.39, 0.29) is 28.8 Å². The maximum Gasteiger partial charge on any atom is 0.322 e. The van der Waals surface area contributed by atoms with Gasteiger partial charge in [0.15, 0.2) is 5.69 Å². The molecule has 0 bridgehead atoms. The lowest BCUT2D eigenvalue weighted by atomic mass is 10.4. The number of rotatable bonds is 5. The van der Waals surface area contributed by atoms with Crippen molar-refractivity contribution in [2.24, 2.45) is 0 Å². The lowest BCUT2D eigenvalue weighted by Crippen LogP contribution is -2.22. The molecular weight excluding hydrogens is 296 g/mol. The summed E-state index contributed by atoms with van der Waals surface area (Å²) in [5.41, 5.74) is 0.285. The van der Waals surface area contributed by atoms with E-state index in [4.69, 9.17) is 16.3 Å². The number of amides is 1. The van der Waals surface area contributed by atoms with Crippen molar-refractivity contribution in [3.05, 3.63) is 23.2 Å². The summed E-state index contributed by atoms with van der Waals surface area (Å²) in [6.45, 7) is 2.44. The molecule has 0 aliphatic rings. The summed E-state index contributed by atoms with van der Waals surface area (Å²) in [7, 11) is 3.30. The molecule has 2 aromatic rings. The van der Waals surface area contributed by atoms with E-state index in [1.807, 2.05) is 6.92 Å². The van der Waals surface area contributed by atoms with Crippen molar-refractivity contribution < 1.29 is 9.53 Å². The van der Waals surface area contributed by atoms with E-state index in [1.54, 1.807) is 26.4 Å². The lowest BCUT2D eigenvalue weighted by Gasteiger charge is -2.07. The van der Waals surface area contributed by atoms with Crippen LogP contribution in [0.3, 0.4) is 0 Å². The van der Waals surface area contributed by atoms with E-state index in [0.717, 1.165) is 6.42 Å². The number of halogens is 1. The van der Waals surface area contributed by atoms with Crippen LogP contribution in [0.5, 0.6) is 6.01 Å². The van der Waals surface area contributed by atoms with Gasteiger partial charge in [0.2, 0.25) is 5.28 Å². The van der Waals surface area contributed by atoms with Gasteiger partial charge in [-0.05, 0) is 24.1 Å². The van der Waals surface area contributed by atoms with Gasteiger partial charge in [0.25, 0.3) is 11.9 Å². The Morgan fingerprint density at radius 1 is 1.38 bits per heavy atom. The van der Waals surface area contributed by atoms with Gasteiger partial charge >= 0.3 is 6.01 Å². The molecular formula is C12H15ClN6O2. The average molecular weight is 311 g/mol. The number of ether oxygens (including phenoxy) is 1. The molecule has 0 N–H and O–H groups in total. The first-order valence-electron chi connectivity index (χ1n) is 6.33. The predicted octanol–water partition coefficient (Wildman–Crippen LogP) is 1.20. The Labute approximate surface area is 126 Å². The second-order valence-electron chi connectivity index (χ2n) is 4.38. The van der Waals surface area contributed by atoms with Gasteiger partial charge in [-0.3, -0.25) is 4.79 Å². The standard InChI is InChI=1S/C12H15ClN6O2/c1-4-7-21-12-15-10(13)14-11(16-12)19-6-5-8(17-19)9(20)18(2)3/h5-6H,4,7H2,1-3H3. The van der Waals surface area contributed by atoms with E-state index in [0.29, 0.717) is 6.61 Å². The quantitative estimate of drug-likeness (QED) is 0.825. The van der Waals surface area contributed by atoms with Gasteiger partial charge in [0, 0.05) is 20.3 Å². The van der Waals surface area contributed by atoms with Gasteiger partial charge in [-0.2, -0.15) is 20.1 Å². The molecule has 0 fully saturated rings. The second-order valence-corrected chi connectivity index (χ2v) is 4.72. The van der Waals surface area contributed by atoms with Crippen LogP contribution in [-0.2, 0) is 0 Å². The minimum absolute atomic E-state index is 0.00193. The van der Waals surface area contributed by atoms with Crippen molar-refractivity contribution in [1.82, 2.24) is 29.6 Å². The molecule has 1 amide bonds. The van der Waals surface area contributed by atoms with E-state index in [9.17, 15) is 4.79 Å². The van der Waals surface area contributed by atoms with Crippen LogP contribution in [0.1, 0.15) is 23.8 Å². The SMILES string of the molecule is CCCOc1nc(Cl)nc(-n2ccc(C(=O)N(C)C)n2)n1. The van der Waals surface area contributed by atoms with Crippen molar-refractivity contribution in [2.75, 3.05) is 20.7 Å². The Balaban J connectivity index is 2.29. The summed E-state index contributed by atoms with van der Waals surface area (Å²) >= 11 is 5.84. The first kappa shape index (κ1) is 15.2. The molecule has 0 spiro atoms. The molecule has 112 valence electrons. The smallest absolute Gasteiger partial charge is 0.322 e. The Kier molecular flexibility index (Phi) is 4.69. The predicted molar refractivity (Wildman–Crippen MR) is 75.8 cm³/mol. The van der Waals surface area contributed by atoms with Gasteiger partial charge in [-0.1, -0.05) is 6.92 Å². The van der Waals surface area contributed by atoms with E-state index >= 15 is 0 Å². The number of carbonyl (C=O) groups excluding carboxylic acids is 1. The summed E-state index contributed by atoms with van der Waals surface area (Å²) in [6, 6.07) is 1.70.